The molecule has 1 rings (SSSR count). The number of rotatable bonds is 6. The molecule has 6 nitrogen and oxygen atoms in total. The Kier molecular flexibility index (Phi) is 7.03. The monoisotopic (exact) mass is 360 g/mol. The van der Waals surface area contributed by atoms with E-state index in [2.05, 4.69) is 43.3 Å². The van der Waals surface area contributed by atoms with Gasteiger partial charge in [-0.1, -0.05) is 20.8 Å². The van der Waals surface area contributed by atoms with Crippen LogP contribution in [0.5, 0.6) is 0 Å². The average Bonchev–Trinajstić information content (AvgIpc) is 2.89. The normalized spacial score (nSPS) is 14.6. The lowest BCUT2D eigenvalue weighted by molar-refractivity contribution is 0.346. The van der Waals surface area contributed by atoms with Gasteiger partial charge in [0.1, 0.15) is 4.21 Å². The molecule has 0 aromatic carbocycles. The van der Waals surface area contributed by atoms with Crippen LogP contribution in [-0.4, -0.2) is 27.5 Å². The lowest BCUT2D eigenvalue weighted by Gasteiger charge is -2.23. The van der Waals surface area contributed by atoms with Gasteiger partial charge in [0.05, 0.1) is 6.54 Å². The summed E-state index contributed by atoms with van der Waals surface area (Å²) in [5.41, 5.74) is 0.313. The lowest BCUT2D eigenvalue weighted by Crippen LogP contribution is -2.42. The Morgan fingerprint density at radius 2 is 2.04 bits per heavy atom. The van der Waals surface area contributed by atoms with Gasteiger partial charge in [-0.15, -0.1) is 11.3 Å². The van der Waals surface area contributed by atoms with Gasteiger partial charge in [-0.3, -0.25) is 4.99 Å². The van der Waals surface area contributed by atoms with Crippen LogP contribution in [-0.2, 0) is 16.6 Å². The number of aliphatic imine (C=N–C) groups is 1. The summed E-state index contributed by atoms with van der Waals surface area (Å²) in [6.45, 7) is 9.32. The van der Waals surface area contributed by atoms with Gasteiger partial charge >= 0.3 is 0 Å². The molecule has 1 aromatic heterocycles. The lowest BCUT2D eigenvalue weighted by atomic mass is 9.89. The highest BCUT2D eigenvalue weighted by Crippen LogP contribution is 2.21. The first-order valence-corrected chi connectivity index (χ1v) is 9.96. The van der Waals surface area contributed by atoms with Crippen molar-refractivity contribution in [3.05, 3.63) is 17.0 Å². The topological polar surface area (TPSA) is 96.6 Å². The first-order valence-electron chi connectivity index (χ1n) is 7.60. The average molecular weight is 361 g/mol. The van der Waals surface area contributed by atoms with Crippen LogP contribution in [0.2, 0.25) is 0 Å². The molecule has 1 atom stereocenters. The minimum Gasteiger partial charge on any atom is -0.354 e. The summed E-state index contributed by atoms with van der Waals surface area (Å²) in [6.07, 6.45) is 2.18. The third-order valence-electron chi connectivity index (χ3n) is 3.28. The highest BCUT2D eigenvalue weighted by atomic mass is 32.2. The van der Waals surface area contributed by atoms with Gasteiger partial charge in [-0.2, -0.15) is 0 Å². The van der Waals surface area contributed by atoms with Crippen molar-refractivity contribution >= 4 is 27.3 Å². The summed E-state index contributed by atoms with van der Waals surface area (Å²) in [7, 11) is -1.90. The largest absolute Gasteiger partial charge is 0.354 e. The fourth-order valence-corrected chi connectivity index (χ4v) is 3.65. The second-order valence-electron chi connectivity index (χ2n) is 6.84. The van der Waals surface area contributed by atoms with E-state index in [0.717, 1.165) is 17.7 Å². The number of sulfonamides is 1. The third-order valence-corrected chi connectivity index (χ3v) is 5.81. The number of primary sulfonamides is 1. The third kappa shape index (κ3) is 7.81. The predicted octanol–water partition coefficient (Wildman–Crippen LogP) is 2.28. The molecule has 1 unspecified atom stereocenters. The zero-order valence-corrected chi connectivity index (χ0v) is 16.1. The van der Waals surface area contributed by atoms with Crippen LogP contribution in [0.4, 0.5) is 0 Å². The fraction of sp³-hybridized carbons (Fsp3) is 0.667. The molecule has 0 radical (unpaired) electrons. The van der Waals surface area contributed by atoms with Crippen molar-refractivity contribution in [1.29, 1.82) is 0 Å². The van der Waals surface area contributed by atoms with Gasteiger partial charge in [0.15, 0.2) is 5.96 Å². The van der Waals surface area contributed by atoms with Crippen LogP contribution in [0, 0.1) is 5.41 Å². The molecule has 8 heteroatoms. The SMILES string of the molecule is CN=C(NCc1ccc(S(N)(=O)=O)s1)NC(C)CCC(C)(C)C. The van der Waals surface area contributed by atoms with Crippen molar-refractivity contribution < 1.29 is 8.42 Å². The van der Waals surface area contributed by atoms with Crippen molar-refractivity contribution in [2.75, 3.05) is 7.05 Å². The minimum atomic E-state index is -3.62. The quantitative estimate of drug-likeness (QED) is 0.535. The van der Waals surface area contributed by atoms with E-state index >= 15 is 0 Å². The van der Waals surface area contributed by atoms with Crippen molar-refractivity contribution in [1.82, 2.24) is 10.6 Å². The maximum atomic E-state index is 11.3. The molecule has 0 bridgehead atoms. The number of guanidine groups is 1. The number of nitrogens with zero attached hydrogens (tertiary/aromatic N) is 1. The van der Waals surface area contributed by atoms with Gasteiger partial charge in [0.25, 0.3) is 0 Å². The van der Waals surface area contributed by atoms with Crippen LogP contribution >= 0.6 is 11.3 Å². The standard InChI is InChI=1S/C15H28N4O2S2/c1-11(8-9-15(2,3)4)19-14(17-5)18-10-12-6-7-13(22-12)23(16,20)21/h6-7,11H,8-10H2,1-5H3,(H2,16,20,21)(H2,17,18,19). The molecule has 0 aliphatic carbocycles. The highest BCUT2D eigenvalue weighted by Gasteiger charge is 2.14. The van der Waals surface area contributed by atoms with Crippen LogP contribution in [0.15, 0.2) is 21.3 Å². The molecule has 0 amide bonds. The number of hydrogen-bond donors (Lipinski definition) is 3. The molecule has 0 spiro atoms. The Balaban J connectivity index is 2.50. The molecule has 23 heavy (non-hydrogen) atoms. The molecular formula is C15H28N4O2S2. The van der Waals surface area contributed by atoms with Crippen molar-refractivity contribution in [2.24, 2.45) is 15.5 Å². The number of hydrogen-bond acceptors (Lipinski definition) is 4. The summed E-state index contributed by atoms with van der Waals surface area (Å²) in [4.78, 5) is 5.09. The Morgan fingerprint density at radius 3 is 2.52 bits per heavy atom. The summed E-state index contributed by atoms with van der Waals surface area (Å²) in [5, 5.41) is 11.7. The Bertz CT molecular complexity index is 630. The van der Waals surface area contributed by atoms with Crippen LogP contribution < -0.4 is 15.8 Å². The zero-order chi connectivity index (χ0) is 17.7. The second kappa shape index (κ2) is 8.12. The molecule has 0 aliphatic heterocycles. The number of nitrogens with two attached hydrogens (primary N) is 1. The summed E-state index contributed by atoms with van der Waals surface area (Å²) >= 11 is 1.17. The predicted molar refractivity (Wildman–Crippen MR) is 97.2 cm³/mol. The molecule has 4 N–H and O–H groups in total. The van der Waals surface area contributed by atoms with Crippen molar-refractivity contribution in [3.8, 4) is 0 Å². The Labute approximate surface area is 143 Å². The first-order chi connectivity index (χ1) is 10.5. The van der Waals surface area contributed by atoms with Crippen molar-refractivity contribution in [3.63, 3.8) is 0 Å². The molecule has 0 saturated heterocycles. The van der Waals surface area contributed by atoms with E-state index in [9.17, 15) is 8.42 Å². The summed E-state index contributed by atoms with van der Waals surface area (Å²) < 4.78 is 22.7. The van der Waals surface area contributed by atoms with Gasteiger partial charge < -0.3 is 10.6 Å². The van der Waals surface area contributed by atoms with Crippen molar-refractivity contribution in [2.45, 2.75) is 57.3 Å². The van der Waals surface area contributed by atoms with Gasteiger partial charge in [0, 0.05) is 18.0 Å². The van der Waals surface area contributed by atoms with E-state index in [-0.39, 0.29) is 4.21 Å². The van der Waals surface area contributed by atoms with E-state index in [1.165, 1.54) is 17.4 Å². The molecule has 1 heterocycles. The van der Waals surface area contributed by atoms with E-state index in [1.807, 2.05) is 0 Å². The number of nitrogens with one attached hydrogen (secondary N) is 2. The minimum absolute atomic E-state index is 0.177. The van der Waals surface area contributed by atoms with E-state index in [0.29, 0.717) is 24.0 Å². The van der Waals surface area contributed by atoms with Gasteiger partial charge in [-0.25, -0.2) is 13.6 Å². The van der Waals surface area contributed by atoms with Crippen LogP contribution in [0.1, 0.15) is 45.4 Å². The maximum Gasteiger partial charge on any atom is 0.247 e. The summed E-state index contributed by atoms with van der Waals surface area (Å²) in [5.74, 6) is 0.706. The Morgan fingerprint density at radius 1 is 1.39 bits per heavy atom. The second-order valence-corrected chi connectivity index (χ2v) is 9.79. The maximum absolute atomic E-state index is 11.3. The van der Waals surface area contributed by atoms with Gasteiger partial charge in [-0.05, 0) is 37.3 Å². The number of thiophene rings is 1. The zero-order valence-electron chi connectivity index (χ0n) is 14.5. The van der Waals surface area contributed by atoms with E-state index < -0.39 is 10.0 Å². The molecule has 0 aliphatic rings. The van der Waals surface area contributed by atoms with Crippen LogP contribution in [0.25, 0.3) is 0 Å². The molecular weight excluding hydrogens is 332 g/mol. The molecule has 0 fully saturated rings. The van der Waals surface area contributed by atoms with E-state index in [4.69, 9.17) is 5.14 Å². The van der Waals surface area contributed by atoms with Gasteiger partial charge in [0.2, 0.25) is 10.0 Å². The highest BCUT2D eigenvalue weighted by molar-refractivity contribution is 7.91. The summed E-state index contributed by atoms with van der Waals surface area (Å²) in [6, 6.07) is 3.59. The molecule has 1 aromatic rings. The smallest absolute Gasteiger partial charge is 0.247 e. The van der Waals surface area contributed by atoms with E-state index in [1.54, 1.807) is 13.1 Å². The van der Waals surface area contributed by atoms with Crippen LogP contribution in [0.3, 0.4) is 0 Å². The molecule has 0 saturated carbocycles. The fourth-order valence-electron chi connectivity index (χ4n) is 1.93. The molecule has 132 valence electrons. The Hall–Kier alpha value is -1.12. The first kappa shape index (κ1) is 19.9.